The standard InChI is InChI=1S/C8H11N3O2/c9-5-6-1-3-7(4-2-6)11(10)8(12)13/h1-4H,5,9-10H2,(H,12,13). The highest BCUT2D eigenvalue weighted by atomic mass is 16.4. The number of rotatable bonds is 2. The molecular formula is C8H11N3O2. The molecule has 0 heterocycles. The van der Waals surface area contributed by atoms with Crippen molar-refractivity contribution in [1.29, 1.82) is 0 Å². The van der Waals surface area contributed by atoms with Crippen LogP contribution in [0.1, 0.15) is 5.56 Å². The van der Waals surface area contributed by atoms with Crippen molar-refractivity contribution in [3.63, 3.8) is 0 Å². The number of anilines is 1. The molecule has 0 aliphatic rings. The van der Waals surface area contributed by atoms with Gasteiger partial charge in [0, 0.05) is 6.54 Å². The first-order valence-corrected chi connectivity index (χ1v) is 3.72. The number of benzene rings is 1. The second-order valence-electron chi connectivity index (χ2n) is 2.52. The van der Waals surface area contributed by atoms with Gasteiger partial charge in [-0.15, -0.1) is 0 Å². The maximum atomic E-state index is 10.4. The summed E-state index contributed by atoms with van der Waals surface area (Å²) in [6.07, 6.45) is -1.19. The molecule has 70 valence electrons. The van der Waals surface area contributed by atoms with E-state index >= 15 is 0 Å². The van der Waals surface area contributed by atoms with Crippen LogP contribution in [0.2, 0.25) is 0 Å². The van der Waals surface area contributed by atoms with E-state index < -0.39 is 6.09 Å². The van der Waals surface area contributed by atoms with Crippen LogP contribution in [0, 0.1) is 0 Å². The molecule has 5 N–H and O–H groups in total. The Morgan fingerprint density at radius 2 is 1.92 bits per heavy atom. The minimum absolute atomic E-state index is 0.421. The summed E-state index contributed by atoms with van der Waals surface area (Å²) in [6.45, 7) is 0.428. The van der Waals surface area contributed by atoms with Crippen LogP contribution in [0.4, 0.5) is 10.5 Å². The second kappa shape index (κ2) is 3.88. The molecule has 1 rings (SSSR count). The first kappa shape index (κ1) is 9.50. The van der Waals surface area contributed by atoms with Gasteiger partial charge in [0.15, 0.2) is 0 Å². The summed E-state index contributed by atoms with van der Waals surface area (Å²) in [4.78, 5) is 10.4. The molecule has 0 aliphatic carbocycles. The Kier molecular flexibility index (Phi) is 2.84. The van der Waals surface area contributed by atoms with Crippen LogP contribution in [0.25, 0.3) is 0 Å². The van der Waals surface area contributed by atoms with E-state index in [1.54, 1.807) is 24.3 Å². The van der Waals surface area contributed by atoms with E-state index in [1.807, 2.05) is 0 Å². The summed E-state index contributed by atoms with van der Waals surface area (Å²) in [5.41, 5.74) is 6.73. The Morgan fingerprint density at radius 1 is 1.38 bits per heavy atom. The van der Waals surface area contributed by atoms with Gasteiger partial charge < -0.3 is 10.8 Å². The van der Waals surface area contributed by atoms with Crippen LogP contribution in [0.15, 0.2) is 24.3 Å². The molecule has 0 radical (unpaired) electrons. The zero-order valence-electron chi connectivity index (χ0n) is 6.97. The number of hydrazine groups is 1. The lowest BCUT2D eigenvalue weighted by Gasteiger charge is -2.12. The molecule has 1 aromatic rings. The Morgan fingerprint density at radius 3 is 2.31 bits per heavy atom. The fourth-order valence-corrected chi connectivity index (χ4v) is 0.903. The quantitative estimate of drug-likeness (QED) is 0.352. The maximum Gasteiger partial charge on any atom is 0.426 e. The van der Waals surface area contributed by atoms with E-state index in [-0.39, 0.29) is 0 Å². The lowest BCUT2D eigenvalue weighted by molar-refractivity contribution is 0.202. The van der Waals surface area contributed by atoms with Gasteiger partial charge in [-0.25, -0.2) is 15.6 Å². The number of carboxylic acid groups (broad SMARTS) is 1. The topological polar surface area (TPSA) is 92.6 Å². The zero-order valence-corrected chi connectivity index (χ0v) is 6.97. The van der Waals surface area contributed by atoms with Gasteiger partial charge in [-0.1, -0.05) is 12.1 Å². The van der Waals surface area contributed by atoms with Crippen LogP contribution in [0.3, 0.4) is 0 Å². The summed E-state index contributed by atoms with van der Waals surface area (Å²) < 4.78 is 0. The highest BCUT2D eigenvalue weighted by molar-refractivity contribution is 5.84. The van der Waals surface area contributed by atoms with E-state index in [1.165, 1.54) is 0 Å². The summed E-state index contributed by atoms with van der Waals surface area (Å²) in [5, 5.41) is 9.19. The summed E-state index contributed by atoms with van der Waals surface area (Å²) in [6, 6.07) is 6.68. The third-order valence-electron chi connectivity index (χ3n) is 1.66. The van der Waals surface area contributed by atoms with Crippen molar-refractivity contribution in [2.24, 2.45) is 11.6 Å². The van der Waals surface area contributed by atoms with E-state index in [9.17, 15) is 4.79 Å². The third kappa shape index (κ3) is 2.17. The highest BCUT2D eigenvalue weighted by Gasteiger charge is 2.07. The molecule has 0 bridgehead atoms. The molecule has 0 saturated carbocycles. The van der Waals surface area contributed by atoms with Gasteiger partial charge in [0.1, 0.15) is 0 Å². The first-order chi connectivity index (χ1) is 6.15. The number of hydrogen-bond donors (Lipinski definition) is 3. The lowest BCUT2D eigenvalue weighted by atomic mass is 10.2. The highest BCUT2D eigenvalue weighted by Crippen LogP contribution is 2.11. The normalized spacial score (nSPS) is 9.69. The molecule has 0 aromatic heterocycles. The van der Waals surface area contributed by atoms with Gasteiger partial charge >= 0.3 is 6.09 Å². The summed E-state index contributed by atoms with van der Waals surface area (Å²) in [5.74, 6) is 5.23. The molecule has 0 unspecified atom stereocenters. The molecule has 0 aliphatic heterocycles. The Bertz CT molecular complexity index is 297. The van der Waals surface area contributed by atoms with Gasteiger partial charge in [0.05, 0.1) is 5.69 Å². The van der Waals surface area contributed by atoms with Crippen molar-refractivity contribution >= 4 is 11.8 Å². The molecule has 0 spiro atoms. The second-order valence-corrected chi connectivity index (χ2v) is 2.52. The lowest BCUT2D eigenvalue weighted by Crippen LogP contribution is -2.35. The van der Waals surface area contributed by atoms with Crippen molar-refractivity contribution in [1.82, 2.24) is 0 Å². The van der Waals surface area contributed by atoms with Gasteiger partial charge in [-0.2, -0.15) is 0 Å². The molecule has 5 heteroatoms. The van der Waals surface area contributed by atoms with Crippen LogP contribution >= 0.6 is 0 Å². The smallest absolute Gasteiger partial charge is 0.426 e. The molecule has 1 amide bonds. The predicted octanol–water partition coefficient (Wildman–Crippen LogP) is 0.503. The van der Waals surface area contributed by atoms with Crippen molar-refractivity contribution in [3.8, 4) is 0 Å². The number of nitrogens with two attached hydrogens (primary N) is 2. The monoisotopic (exact) mass is 181 g/mol. The molecule has 0 saturated heterocycles. The number of carbonyl (C=O) groups is 1. The van der Waals surface area contributed by atoms with Gasteiger partial charge in [-0.3, -0.25) is 0 Å². The van der Waals surface area contributed by atoms with Crippen LogP contribution < -0.4 is 16.6 Å². The molecule has 13 heavy (non-hydrogen) atoms. The van der Waals surface area contributed by atoms with E-state index in [2.05, 4.69) is 0 Å². The summed E-state index contributed by atoms with van der Waals surface area (Å²) >= 11 is 0. The fourth-order valence-electron chi connectivity index (χ4n) is 0.903. The average Bonchev–Trinajstić information content (AvgIpc) is 2.17. The minimum Gasteiger partial charge on any atom is -0.464 e. The Balaban J connectivity index is 2.85. The third-order valence-corrected chi connectivity index (χ3v) is 1.66. The van der Waals surface area contributed by atoms with Crippen molar-refractivity contribution in [2.45, 2.75) is 6.54 Å². The molecule has 1 aromatic carbocycles. The number of nitrogens with zero attached hydrogens (tertiary/aromatic N) is 1. The number of hydrogen-bond acceptors (Lipinski definition) is 3. The number of amides is 1. The Labute approximate surface area is 75.5 Å². The van der Waals surface area contributed by atoms with Gasteiger partial charge in [-0.05, 0) is 17.7 Å². The molecular weight excluding hydrogens is 170 g/mol. The predicted molar refractivity (Wildman–Crippen MR) is 49.0 cm³/mol. The molecule has 0 fully saturated rings. The van der Waals surface area contributed by atoms with Crippen molar-refractivity contribution in [2.75, 3.05) is 5.01 Å². The van der Waals surface area contributed by atoms with Crippen molar-refractivity contribution in [3.05, 3.63) is 29.8 Å². The zero-order chi connectivity index (χ0) is 9.84. The van der Waals surface area contributed by atoms with Crippen molar-refractivity contribution < 1.29 is 9.90 Å². The van der Waals surface area contributed by atoms with E-state index in [0.29, 0.717) is 17.2 Å². The van der Waals surface area contributed by atoms with Gasteiger partial charge in [0.2, 0.25) is 0 Å². The van der Waals surface area contributed by atoms with E-state index in [4.69, 9.17) is 16.7 Å². The van der Waals surface area contributed by atoms with E-state index in [0.717, 1.165) is 5.56 Å². The maximum absolute atomic E-state index is 10.4. The van der Waals surface area contributed by atoms with Crippen LogP contribution in [-0.4, -0.2) is 11.2 Å². The first-order valence-electron chi connectivity index (χ1n) is 3.72. The Hall–Kier alpha value is -1.59. The van der Waals surface area contributed by atoms with Crippen LogP contribution in [-0.2, 0) is 6.54 Å². The fraction of sp³-hybridized carbons (Fsp3) is 0.125. The summed E-state index contributed by atoms with van der Waals surface area (Å²) in [7, 11) is 0. The molecule has 5 nitrogen and oxygen atoms in total. The van der Waals surface area contributed by atoms with Crippen LogP contribution in [0.5, 0.6) is 0 Å². The average molecular weight is 181 g/mol. The van der Waals surface area contributed by atoms with Gasteiger partial charge in [0.25, 0.3) is 0 Å². The largest absolute Gasteiger partial charge is 0.464 e. The SMILES string of the molecule is NCc1ccc(N(N)C(=O)O)cc1. The molecule has 0 atom stereocenters. The minimum atomic E-state index is -1.19.